The van der Waals surface area contributed by atoms with E-state index in [0.29, 0.717) is 0 Å². The first-order valence-corrected chi connectivity index (χ1v) is 9.53. The Morgan fingerprint density at radius 2 is 1.79 bits per heavy atom. The molecule has 0 radical (unpaired) electrons. The topological polar surface area (TPSA) is 29.9 Å². The molecule has 0 fully saturated rings. The Kier molecular flexibility index (Phi) is 4.56. The third-order valence-electron chi connectivity index (χ3n) is 4.50. The van der Waals surface area contributed by atoms with Crippen LogP contribution in [0.4, 0.5) is 5.82 Å². The molecule has 2 aromatic carbocycles. The number of nitrogens with zero attached hydrogens (tertiary/aromatic N) is 2. The monoisotopic (exact) mass is 429 g/mol. The van der Waals surface area contributed by atoms with Gasteiger partial charge in [-0.25, -0.2) is 4.68 Å². The summed E-state index contributed by atoms with van der Waals surface area (Å²) in [5.41, 5.74) is 5.02. The number of hydrogen-bond acceptors (Lipinski definition) is 2. The first-order valence-electron chi connectivity index (χ1n) is 8.46. The number of aromatic nitrogens is 2. The lowest BCUT2D eigenvalue weighted by Gasteiger charge is -2.09. The lowest BCUT2D eigenvalue weighted by Crippen LogP contribution is -2.07. The van der Waals surface area contributed by atoms with Gasteiger partial charge in [0.2, 0.25) is 0 Å². The summed E-state index contributed by atoms with van der Waals surface area (Å²) < 4.78 is 3.33. The van der Waals surface area contributed by atoms with Crippen LogP contribution in [0.2, 0.25) is 0 Å². The van der Waals surface area contributed by atoms with Crippen LogP contribution in [0, 0.1) is 3.57 Å². The van der Waals surface area contributed by atoms with E-state index in [2.05, 4.69) is 87.2 Å². The van der Waals surface area contributed by atoms with Gasteiger partial charge in [-0.15, -0.1) is 0 Å². The van der Waals surface area contributed by atoms with Crippen molar-refractivity contribution in [2.45, 2.75) is 25.7 Å². The average Bonchev–Trinajstić information content (AvgIpc) is 2.79. The summed E-state index contributed by atoms with van der Waals surface area (Å²) in [7, 11) is 0. The molecule has 0 atom stereocenters. The SMILES string of the molecule is Ic1ccc(-n2nc(Cc3ccccc3)c3c2NCCCC3)cc1. The lowest BCUT2D eigenvalue weighted by molar-refractivity contribution is 0.767. The van der Waals surface area contributed by atoms with E-state index in [1.165, 1.54) is 39.1 Å². The second kappa shape index (κ2) is 6.97. The maximum Gasteiger partial charge on any atom is 0.133 e. The third-order valence-corrected chi connectivity index (χ3v) is 5.22. The van der Waals surface area contributed by atoms with Crippen LogP contribution in [0.25, 0.3) is 5.69 Å². The standard InChI is InChI=1S/C20H20IN3/c21-16-9-11-17(12-10-16)24-20-18(8-4-5-13-22-20)19(23-24)14-15-6-2-1-3-7-15/h1-3,6-7,9-12,22H,4-5,8,13-14H2. The summed E-state index contributed by atoms with van der Waals surface area (Å²) in [5, 5.41) is 8.59. The summed E-state index contributed by atoms with van der Waals surface area (Å²) >= 11 is 2.34. The molecule has 1 aromatic heterocycles. The van der Waals surface area contributed by atoms with Gasteiger partial charge in [0, 0.05) is 22.1 Å². The molecule has 0 amide bonds. The zero-order chi connectivity index (χ0) is 16.4. The van der Waals surface area contributed by atoms with Crippen molar-refractivity contribution in [2.24, 2.45) is 0 Å². The van der Waals surface area contributed by atoms with Gasteiger partial charge in [0.1, 0.15) is 5.82 Å². The maximum absolute atomic E-state index is 4.98. The van der Waals surface area contributed by atoms with Crippen LogP contribution >= 0.6 is 22.6 Å². The average molecular weight is 429 g/mol. The summed E-state index contributed by atoms with van der Waals surface area (Å²) in [5.74, 6) is 1.18. The van der Waals surface area contributed by atoms with Crippen molar-refractivity contribution in [3.05, 3.63) is 75.0 Å². The van der Waals surface area contributed by atoms with Crippen molar-refractivity contribution >= 4 is 28.4 Å². The van der Waals surface area contributed by atoms with Crippen molar-refractivity contribution in [2.75, 3.05) is 11.9 Å². The van der Waals surface area contributed by atoms with E-state index in [9.17, 15) is 0 Å². The van der Waals surface area contributed by atoms with Gasteiger partial charge < -0.3 is 5.32 Å². The quantitative estimate of drug-likeness (QED) is 0.606. The first kappa shape index (κ1) is 15.7. The molecular weight excluding hydrogens is 409 g/mol. The molecule has 1 aliphatic heterocycles. The van der Waals surface area contributed by atoms with Gasteiger partial charge in [-0.2, -0.15) is 5.10 Å². The van der Waals surface area contributed by atoms with Gasteiger partial charge in [-0.3, -0.25) is 0 Å². The molecule has 4 heteroatoms. The van der Waals surface area contributed by atoms with E-state index in [4.69, 9.17) is 5.10 Å². The third kappa shape index (κ3) is 3.20. The first-order chi connectivity index (χ1) is 11.8. The number of rotatable bonds is 3. The molecule has 0 aliphatic carbocycles. The predicted octanol–water partition coefficient (Wildman–Crippen LogP) is 4.82. The summed E-state index contributed by atoms with van der Waals surface area (Å²) in [6.45, 7) is 1.02. The molecular formula is C20H20IN3. The number of hydrogen-bond donors (Lipinski definition) is 1. The van der Waals surface area contributed by atoms with Crippen LogP contribution in [0.1, 0.15) is 29.7 Å². The smallest absolute Gasteiger partial charge is 0.133 e. The molecule has 0 unspecified atom stereocenters. The van der Waals surface area contributed by atoms with Crippen LogP contribution in [0.5, 0.6) is 0 Å². The van der Waals surface area contributed by atoms with Gasteiger partial charge in [-0.1, -0.05) is 30.3 Å². The Bertz CT molecular complexity index is 822. The minimum atomic E-state index is 0.891. The molecule has 3 nitrogen and oxygen atoms in total. The zero-order valence-electron chi connectivity index (χ0n) is 13.5. The normalized spacial score (nSPS) is 13.9. The van der Waals surface area contributed by atoms with E-state index >= 15 is 0 Å². The highest BCUT2D eigenvalue weighted by atomic mass is 127. The van der Waals surface area contributed by atoms with Gasteiger partial charge in [0.05, 0.1) is 11.4 Å². The summed E-state index contributed by atoms with van der Waals surface area (Å²) in [6.07, 6.45) is 4.43. The molecule has 122 valence electrons. The van der Waals surface area contributed by atoms with Gasteiger partial charge in [0.15, 0.2) is 0 Å². The summed E-state index contributed by atoms with van der Waals surface area (Å²) in [4.78, 5) is 0. The van der Waals surface area contributed by atoms with Crippen molar-refractivity contribution < 1.29 is 0 Å². The Hall–Kier alpha value is -1.82. The minimum Gasteiger partial charge on any atom is -0.370 e. The Balaban J connectivity index is 1.78. The van der Waals surface area contributed by atoms with Gasteiger partial charge in [0.25, 0.3) is 0 Å². The molecule has 1 aliphatic rings. The second-order valence-corrected chi connectivity index (χ2v) is 7.45. The molecule has 3 aromatic rings. The lowest BCUT2D eigenvalue weighted by atomic mass is 10.0. The van der Waals surface area contributed by atoms with Crippen molar-refractivity contribution in [3.63, 3.8) is 0 Å². The Morgan fingerprint density at radius 1 is 1.00 bits per heavy atom. The number of halogens is 1. The highest BCUT2D eigenvalue weighted by Crippen LogP contribution is 2.29. The number of fused-ring (bicyclic) bond motifs is 1. The fourth-order valence-corrected chi connectivity index (χ4v) is 3.63. The molecule has 0 bridgehead atoms. The molecule has 0 saturated heterocycles. The van der Waals surface area contributed by atoms with E-state index < -0.39 is 0 Å². The van der Waals surface area contributed by atoms with Gasteiger partial charge >= 0.3 is 0 Å². The number of nitrogens with one attached hydrogen (secondary N) is 1. The molecule has 0 spiro atoms. The van der Waals surface area contributed by atoms with Crippen LogP contribution in [0.15, 0.2) is 54.6 Å². The van der Waals surface area contributed by atoms with E-state index in [1.807, 2.05) is 0 Å². The van der Waals surface area contributed by atoms with Crippen molar-refractivity contribution in [1.82, 2.24) is 9.78 Å². The van der Waals surface area contributed by atoms with Crippen LogP contribution < -0.4 is 5.32 Å². The fourth-order valence-electron chi connectivity index (χ4n) is 3.27. The largest absolute Gasteiger partial charge is 0.370 e. The molecule has 1 N–H and O–H groups in total. The maximum atomic E-state index is 4.98. The highest BCUT2D eigenvalue weighted by molar-refractivity contribution is 14.1. The highest BCUT2D eigenvalue weighted by Gasteiger charge is 2.20. The zero-order valence-corrected chi connectivity index (χ0v) is 15.7. The second-order valence-electron chi connectivity index (χ2n) is 6.21. The molecule has 4 rings (SSSR count). The van der Waals surface area contributed by atoms with E-state index in [-0.39, 0.29) is 0 Å². The number of benzene rings is 2. The Morgan fingerprint density at radius 3 is 2.58 bits per heavy atom. The summed E-state index contributed by atoms with van der Waals surface area (Å²) in [6, 6.07) is 19.2. The molecule has 2 heterocycles. The predicted molar refractivity (Wildman–Crippen MR) is 107 cm³/mol. The van der Waals surface area contributed by atoms with E-state index in [0.717, 1.165) is 25.1 Å². The minimum absolute atomic E-state index is 0.891. The van der Waals surface area contributed by atoms with Crippen molar-refractivity contribution in [1.29, 1.82) is 0 Å². The Labute approximate surface area is 156 Å². The van der Waals surface area contributed by atoms with Crippen LogP contribution in [-0.4, -0.2) is 16.3 Å². The number of anilines is 1. The van der Waals surface area contributed by atoms with Crippen LogP contribution in [-0.2, 0) is 12.8 Å². The molecule has 24 heavy (non-hydrogen) atoms. The van der Waals surface area contributed by atoms with Gasteiger partial charge in [-0.05, 0) is 71.7 Å². The van der Waals surface area contributed by atoms with Crippen molar-refractivity contribution in [3.8, 4) is 5.69 Å². The fraction of sp³-hybridized carbons (Fsp3) is 0.250. The van der Waals surface area contributed by atoms with Crippen LogP contribution in [0.3, 0.4) is 0 Å². The molecule has 0 saturated carbocycles. The van der Waals surface area contributed by atoms with E-state index in [1.54, 1.807) is 0 Å².